The van der Waals surface area contributed by atoms with Crippen LogP contribution < -0.4 is 4.90 Å². The molecule has 6 aromatic carbocycles. The van der Waals surface area contributed by atoms with Gasteiger partial charge in [0.25, 0.3) is 0 Å². The van der Waals surface area contributed by atoms with Crippen molar-refractivity contribution in [2.45, 2.75) is 0 Å². The first-order valence-corrected chi connectivity index (χ1v) is 19.2. The zero-order valence-electron chi connectivity index (χ0n) is 27.7. The number of hydrogen-bond donors (Lipinski definition) is 0. The van der Waals surface area contributed by atoms with E-state index in [1.807, 2.05) is 22.7 Å². The Labute approximate surface area is 304 Å². The number of nitrogens with zero attached hydrogens (tertiary/aromatic N) is 1. The largest absolute Gasteiger partial charge is 0.309 e. The van der Waals surface area contributed by atoms with E-state index in [2.05, 4.69) is 181 Å². The summed E-state index contributed by atoms with van der Waals surface area (Å²) in [5.41, 5.74) is 8.77. The lowest BCUT2D eigenvalue weighted by atomic mass is 9.72. The summed E-state index contributed by atoms with van der Waals surface area (Å²) >= 11 is 3.76. The number of anilines is 2. The van der Waals surface area contributed by atoms with E-state index in [0.29, 0.717) is 5.92 Å². The van der Waals surface area contributed by atoms with Crippen LogP contribution in [-0.4, -0.2) is 0 Å². The summed E-state index contributed by atoms with van der Waals surface area (Å²) in [6, 6.07) is 45.3. The number of thiophene rings is 2. The summed E-state index contributed by atoms with van der Waals surface area (Å²) in [6.07, 6.45) is 20.7. The zero-order chi connectivity index (χ0) is 33.5. The molecule has 0 aliphatic heterocycles. The molecule has 0 fully saturated rings. The second kappa shape index (κ2) is 11.4. The molecule has 0 saturated heterocycles. The fourth-order valence-corrected chi connectivity index (χ4v) is 10.8. The van der Waals surface area contributed by atoms with E-state index in [1.54, 1.807) is 0 Å². The molecule has 1 nitrogen and oxygen atoms in total. The van der Waals surface area contributed by atoms with E-state index < -0.39 is 0 Å². The molecule has 51 heavy (non-hydrogen) atoms. The average Bonchev–Trinajstić information content (AvgIpc) is 3.75. The highest BCUT2D eigenvalue weighted by Crippen LogP contribution is 2.50. The molecule has 11 rings (SSSR count). The summed E-state index contributed by atoms with van der Waals surface area (Å²) in [5.74, 6) is 0.592. The van der Waals surface area contributed by atoms with Crippen LogP contribution in [0.3, 0.4) is 0 Å². The third-order valence-electron chi connectivity index (χ3n) is 10.8. The molecule has 2 aromatic heterocycles. The van der Waals surface area contributed by atoms with E-state index in [-0.39, 0.29) is 5.92 Å². The topological polar surface area (TPSA) is 3.24 Å². The van der Waals surface area contributed by atoms with Crippen molar-refractivity contribution in [3.05, 3.63) is 193 Å². The van der Waals surface area contributed by atoms with Crippen molar-refractivity contribution >= 4 is 85.2 Å². The quantitative estimate of drug-likeness (QED) is 0.178. The monoisotopic (exact) mass is 685 g/mol. The predicted molar refractivity (Wildman–Crippen MR) is 222 cm³/mol. The highest BCUT2D eigenvalue weighted by atomic mass is 32.1. The van der Waals surface area contributed by atoms with Crippen molar-refractivity contribution in [1.82, 2.24) is 0 Å². The standard InChI is InChI=1S/C48H31NS2/c1-4-14-35-30(11-1)22-26-42(48(35)32-21-24-40-38-17-7-9-19-44(38)50-46(40)28-32)49(33-23-25-41-39-18-8-10-20-45(39)51-47(41)29-33)43-27-31-12-2-3-13-34(31)36-15-5-6-16-37(36)43/h1-29,34,36H. The number of hydrogen-bond acceptors (Lipinski definition) is 3. The Morgan fingerprint density at radius 1 is 0.490 bits per heavy atom. The second-order valence-corrected chi connectivity index (χ2v) is 15.8. The third-order valence-corrected chi connectivity index (χ3v) is 13.1. The number of benzene rings is 6. The van der Waals surface area contributed by atoms with Gasteiger partial charge in [-0.2, -0.15) is 0 Å². The van der Waals surface area contributed by atoms with Crippen LogP contribution in [0.1, 0.15) is 0 Å². The Kier molecular flexibility index (Phi) is 6.49. The minimum atomic E-state index is 0.264. The Morgan fingerprint density at radius 2 is 1.14 bits per heavy atom. The molecule has 8 aromatic rings. The molecule has 0 radical (unpaired) electrons. The zero-order valence-corrected chi connectivity index (χ0v) is 29.3. The molecule has 3 aliphatic carbocycles. The van der Waals surface area contributed by atoms with Crippen LogP contribution >= 0.6 is 22.7 Å². The summed E-state index contributed by atoms with van der Waals surface area (Å²) in [7, 11) is 0. The molecule has 0 saturated carbocycles. The number of fused-ring (bicyclic) bond motifs is 10. The van der Waals surface area contributed by atoms with Gasteiger partial charge in [-0.1, -0.05) is 134 Å². The van der Waals surface area contributed by atoms with Crippen LogP contribution in [0.25, 0.3) is 62.2 Å². The first-order chi connectivity index (χ1) is 25.3. The van der Waals surface area contributed by atoms with Gasteiger partial charge in [0.05, 0.1) is 11.4 Å². The fraction of sp³-hybridized carbons (Fsp3) is 0.0417. The normalized spacial score (nSPS) is 17.9. The molecule has 2 heterocycles. The van der Waals surface area contributed by atoms with E-state index in [9.17, 15) is 0 Å². The number of rotatable bonds is 4. The van der Waals surface area contributed by atoms with E-state index in [0.717, 1.165) is 0 Å². The van der Waals surface area contributed by atoms with Gasteiger partial charge in [0.2, 0.25) is 0 Å². The minimum absolute atomic E-state index is 0.264. The molecule has 3 aliphatic rings. The molecular weight excluding hydrogens is 655 g/mol. The lowest BCUT2D eigenvalue weighted by Crippen LogP contribution is -2.28. The Hall–Kier alpha value is -5.74. The van der Waals surface area contributed by atoms with Crippen molar-refractivity contribution in [3.8, 4) is 11.1 Å². The van der Waals surface area contributed by atoms with Crippen molar-refractivity contribution in [2.24, 2.45) is 11.8 Å². The van der Waals surface area contributed by atoms with Crippen LogP contribution in [0.2, 0.25) is 0 Å². The van der Waals surface area contributed by atoms with Crippen LogP contribution in [0.15, 0.2) is 193 Å². The molecule has 0 N–H and O–H groups in total. The molecule has 2 unspecified atom stereocenters. The predicted octanol–water partition coefficient (Wildman–Crippen LogP) is 14.1. The van der Waals surface area contributed by atoms with Crippen LogP contribution in [0, 0.1) is 11.8 Å². The molecule has 2 atom stereocenters. The van der Waals surface area contributed by atoms with Crippen LogP contribution in [0.4, 0.5) is 11.4 Å². The summed E-state index contributed by atoms with van der Waals surface area (Å²) < 4.78 is 5.27. The minimum Gasteiger partial charge on any atom is -0.309 e. The number of allylic oxidation sites excluding steroid dienone is 11. The van der Waals surface area contributed by atoms with Gasteiger partial charge in [-0.15, -0.1) is 22.7 Å². The lowest BCUT2D eigenvalue weighted by Gasteiger charge is -2.38. The van der Waals surface area contributed by atoms with Gasteiger partial charge < -0.3 is 4.90 Å². The maximum absolute atomic E-state index is 2.56. The van der Waals surface area contributed by atoms with Crippen LogP contribution in [-0.2, 0) is 0 Å². The fourth-order valence-electron chi connectivity index (χ4n) is 8.50. The van der Waals surface area contributed by atoms with Gasteiger partial charge >= 0.3 is 0 Å². The van der Waals surface area contributed by atoms with Crippen molar-refractivity contribution in [2.75, 3.05) is 4.90 Å². The Bertz CT molecular complexity index is 2940. The average molecular weight is 686 g/mol. The Balaban J connectivity index is 1.22. The van der Waals surface area contributed by atoms with Gasteiger partial charge in [-0.3, -0.25) is 0 Å². The SMILES string of the molecule is C1=CC2=CC(N(c3ccc4c(c3)sc3ccccc34)c3ccc4ccccc4c3-c3ccc4c(c3)sc3ccccc34)=C3C=CC=CC3C2C=C1. The summed E-state index contributed by atoms with van der Waals surface area (Å²) in [5, 5.41) is 7.78. The molecule has 0 spiro atoms. The second-order valence-electron chi connectivity index (χ2n) is 13.6. The lowest BCUT2D eigenvalue weighted by molar-refractivity contribution is 0.606. The maximum Gasteiger partial charge on any atom is 0.0546 e. The van der Waals surface area contributed by atoms with Crippen molar-refractivity contribution < 1.29 is 0 Å². The van der Waals surface area contributed by atoms with Crippen molar-refractivity contribution in [3.63, 3.8) is 0 Å². The van der Waals surface area contributed by atoms with Crippen molar-refractivity contribution in [1.29, 1.82) is 0 Å². The molecule has 0 bridgehead atoms. The Morgan fingerprint density at radius 3 is 1.94 bits per heavy atom. The van der Waals surface area contributed by atoms with Gasteiger partial charge in [0, 0.05) is 63.4 Å². The van der Waals surface area contributed by atoms with E-state index in [1.165, 1.54) is 90.5 Å². The van der Waals surface area contributed by atoms with E-state index >= 15 is 0 Å². The molecular formula is C48H31NS2. The van der Waals surface area contributed by atoms with Gasteiger partial charge in [0.15, 0.2) is 0 Å². The van der Waals surface area contributed by atoms with E-state index in [4.69, 9.17) is 0 Å². The molecule has 3 heteroatoms. The first kappa shape index (κ1) is 29.0. The summed E-state index contributed by atoms with van der Waals surface area (Å²) in [6.45, 7) is 0. The molecule has 240 valence electrons. The van der Waals surface area contributed by atoms with Gasteiger partial charge in [0.1, 0.15) is 0 Å². The highest BCUT2D eigenvalue weighted by molar-refractivity contribution is 7.26. The van der Waals surface area contributed by atoms with Gasteiger partial charge in [-0.05, 0) is 70.0 Å². The highest BCUT2D eigenvalue weighted by Gasteiger charge is 2.33. The van der Waals surface area contributed by atoms with Crippen LogP contribution in [0.5, 0.6) is 0 Å². The molecule has 0 amide bonds. The smallest absolute Gasteiger partial charge is 0.0546 e. The third kappa shape index (κ3) is 4.52. The maximum atomic E-state index is 2.56. The summed E-state index contributed by atoms with van der Waals surface area (Å²) in [4.78, 5) is 2.56. The van der Waals surface area contributed by atoms with Gasteiger partial charge in [-0.25, -0.2) is 0 Å². The first-order valence-electron chi connectivity index (χ1n) is 17.6.